The molecule has 0 aliphatic rings. The summed E-state index contributed by atoms with van der Waals surface area (Å²) < 4.78 is 1.55. The normalized spacial score (nSPS) is 11.9. The van der Waals surface area contributed by atoms with E-state index in [2.05, 4.69) is 15.4 Å². The Bertz CT molecular complexity index is 788. The Morgan fingerprint density at radius 3 is 2.71 bits per heavy atom. The van der Waals surface area contributed by atoms with Crippen molar-refractivity contribution < 1.29 is 9.90 Å². The highest BCUT2D eigenvalue weighted by atomic mass is 16.3. The van der Waals surface area contributed by atoms with Crippen LogP contribution < -0.4 is 5.32 Å². The molecule has 2 heterocycles. The number of hydrogen-bond donors (Lipinski definition) is 2. The van der Waals surface area contributed by atoms with Gasteiger partial charge in [0.15, 0.2) is 5.82 Å². The molecule has 2 N–H and O–H groups in total. The number of nitrogens with zero attached hydrogens (tertiary/aromatic N) is 3. The molecule has 2 aromatic heterocycles. The van der Waals surface area contributed by atoms with Crippen molar-refractivity contribution in [3.05, 3.63) is 78.2 Å². The zero-order valence-electron chi connectivity index (χ0n) is 13.0. The van der Waals surface area contributed by atoms with Crippen molar-refractivity contribution >= 4 is 5.91 Å². The molecular formula is C18H18N4O2. The summed E-state index contributed by atoms with van der Waals surface area (Å²) in [6.45, 7) is 0.363. The van der Waals surface area contributed by atoms with E-state index in [1.54, 1.807) is 41.5 Å². The van der Waals surface area contributed by atoms with Gasteiger partial charge in [0.05, 0.1) is 11.7 Å². The van der Waals surface area contributed by atoms with Crippen LogP contribution in [0, 0.1) is 0 Å². The predicted octanol–water partition coefficient (Wildman–Crippen LogP) is 2.12. The van der Waals surface area contributed by atoms with Gasteiger partial charge in [0, 0.05) is 25.1 Å². The van der Waals surface area contributed by atoms with Crippen molar-refractivity contribution in [2.75, 3.05) is 6.54 Å². The highest BCUT2D eigenvalue weighted by Gasteiger charge is 2.14. The first kappa shape index (κ1) is 15.9. The number of rotatable bonds is 6. The van der Waals surface area contributed by atoms with Crippen molar-refractivity contribution in [3.63, 3.8) is 0 Å². The van der Waals surface area contributed by atoms with Crippen LogP contribution in [0.5, 0.6) is 0 Å². The fraction of sp³-hybridized carbons (Fsp3) is 0.167. The third kappa shape index (κ3) is 3.67. The molecule has 122 valence electrons. The molecule has 0 saturated heterocycles. The smallest absolute Gasteiger partial charge is 0.255 e. The van der Waals surface area contributed by atoms with Crippen molar-refractivity contribution in [1.82, 2.24) is 20.1 Å². The zero-order chi connectivity index (χ0) is 16.8. The topological polar surface area (TPSA) is 80.0 Å². The molecule has 3 aromatic rings. The Kier molecular flexibility index (Phi) is 4.98. The Morgan fingerprint density at radius 2 is 1.96 bits per heavy atom. The lowest BCUT2D eigenvalue weighted by Crippen LogP contribution is -2.27. The van der Waals surface area contributed by atoms with Crippen LogP contribution in [0.4, 0.5) is 0 Å². The number of aliphatic hydroxyl groups is 1. The van der Waals surface area contributed by atoms with Gasteiger partial charge in [0.25, 0.3) is 5.91 Å². The highest BCUT2D eigenvalue weighted by molar-refractivity contribution is 5.97. The summed E-state index contributed by atoms with van der Waals surface area (Å²) in [7, 11) is 0. The monoisotopic (exact) mass is 322 g/mol. The number of benzene rings is 1. The van der Waals surface area contributed by atoms with E-state index in [4.69, 9.17) is 0 Å². The van der Waals surface area contributed by atoms with Gasteiger partial charge >= 0.3 is 0 Å². The Balaban J connectivity index is 1.62. The fourth-order valence-electron chi connectivity index (χ4n) is 2.41. The first-order valence-corrected chi connectivity index (χ1v) is 7.72. The van der Waals surface area contributed by atoms with E-state index in [0.717, 1.165) is 5.56 Å². The summed E-state index contributed by atoms with van der Waals surface area (Å²) >= 11 is 0. The van der Waals surface area contributed by atoms with E-state index in [0.29, 0.717) is 24.3 Å². The van der Waals surface area contributed by atoms with Gasteiger partial charge in [0.1, 0.15) is 0 Å². The van der Waals surface area contributed by atoms with Gasteiger partial charge in [-0.1, -0.05) is 30.3 Å². The number of aliphatic hydroxyl groups excluding tert-OH is 1. The number of carbonyl (C=O) groups is 1. The van der Waals surface area contributed by atoms with Crippen LogP contribution in [0.15, 0.2) is 67.1 Å². The average Bonchev–Trinajstić information content (AvgIpc) is 3.17. The minimum atomic E-state index is -0.606. The summed E-state index contributed by atoms with van der Waals surface area (Å²) in [4.78, 5) is 16.6. The van der Waals surface area contributed by atoms with Crippen LogP contribution in [0.2, 0.25) is 0 Å². The van der Waals surface area contributed by atoms with Gasteiger partial charge in [-0.15, -0.1) is 0 Å². The molecule has 0 saturated carbocycles. The molecule has 24 heavy (non-hydrogen) atoms. The Morgan fingerprint density at radius 1 is 1.12 bits per heavy atom. The standard InChI is InChI=1S/C18H18N4O2/c23-16(14-6-2-1-3-7-14)9-12-20-18(24)15-8-4-10-19-17(15)22-13-5-11-21-22/h1-8,10-11,13,16,23H,9,12H2,(H,20,24). The average molecular weight is 322 g/mol. The Hall–Kier alpha value is -2.99. The first-order chi connectivity index (χ1) is 11.8. The maximum Gasteiger partial charge on any atom is 0.255 e. The number of hydrogen-bond acceptors (Lipinski definition) is 4. The predicted molar refractivity (Wildman–Crippen MR) is 89.7 cm³/mol. The lowest BCUT2D eigenvalue weighted by Gasteiger charge is -2.12. The van der Waals surface area contributed by atoms with Crippen LogP contribution in [0.1, 0.15) is 28.4 Å². The molecule has 6 nitrogen and oxygen atoms in total. The third-order valence-corrected chi connectivity index (χ3v) is 3.64. The molecule has 3 rings (SSSR count). The van der Waals surface area contributed by atoms with Gasteiger partial charge in [0.2, 0.25) is 0 Å². The van der Waals surface area contributed by atoms with Crippen LogP contribution in [0.3, 0.4) is 0 Å². The molecule has 1 atom stereocenters. The lowest BCUT2D eigenvalue weighted by atomic mass is 10.1. The lowest BCUT2D eigenvalue weighted by molar-refractivity contribution is 0.0942. The van der Waals surface area contributed by atoms with Gasteiger partial charge in [-0.3, -0.25) is 4.79 Å². The molecule has 1 amide bonds. The number of aromatic nitrogens is 3. The fourth-order valence-corrected chi connectivity index (χ4v) is 2.41. The summed E-state index contributed by atoms with van der Waals surface area (Å²) in [6.07, 6.45) is 4.82. The largest absolute Gasteiger partial charge is 0.388 e. The number of amides is 1. The highest BCUT2D eigenvalue weighted by Crippen LogP contribution is 2.15. The Labute approximate surface area is 139 Å². The van der Waals surface area contributed by atoms with E-state index in [9.17, 15) is 9.90 Å². The van der Waals surface area contributed by atoms with Gasteiger partial charge < -0.3 is 10.4 Å². The van der Waals surface area contributed by atoms with Crippen molar-refractivity contribution in [2.24, 2.45) is 0 Å². The van der Waals surface area contributed by atoms with Crippen molar-refractivity contribution in [2.45, 2.75) is 12.5 Å². The molecule has 0 aliphatic heterocycles. The van der Waals surface area contributed by atoms with Crippen LogP contribution in [-0.4, -0.2) is 32.3 Å². The molecule has 0 bridgehead atoms. The summed E-state index contributed by atoms with van der Waals surface area (Å²) in [5.41, 5.74) is 1.28. The summed E-state index contributed by atoms with van der Waals surface area (Å²) in [6, 6.07) is 14.6. The van der Waals surface area contributed by atoms with Crippen LogP contribution >= 0.6 is 0 Å². The molecule has 1 unspecified atom stereocenters. The van der Waals surface area contributed by atoms with Gasteiger partial charge in [-0.2, -0.15) is 5.10 Å². The van der Waals surface area contributed by atoms with E-state index in [1.165, 1.54) is 0 Å². The van der Waals surface area contributed by atoms with E-state index < -0.39 is 6.10 Å². The quantitative estimate of drug-likeness (QED) is 0.728. The number of pyridine rings is 1. The van der Waals surface area contributed by atoms with E-state index in [-0.39, 0.29) is 5.91 Å². The zero-order valence-corrected chi connectivity index (χ0v) is 13.0. The number of nitrogens with one attached hydrogen (secondary N) is 1. The maximum atomic E-state index is 12.4. The molecular weight excluding hydrogens is 304 g/mol. The first-order valence-electron chi connectivity index (χ1n) is 7.72. The molecule has 0 radical (unpaired) electrons. The van der Waals surface area contributed by atoms with E-state index in [1.807, 2.05) is 30.3 Å². The second kappa shape index (κ2) is 7.52. The molecule has 6 heteroatoms. The SMILES string of the molecule is O=C(NCCC(O)c1ccccc1)c1cccnc1-n1cccn1. The van der Waals surface area contributed by atoms with Crippen molar-refractivity contribution in [1.29, 1.82) is 0 Å². The summed E-state index contributed by atoms with van der Waals surface area (Å²) in [5.74, 6) is 0.234. The van der Waals surface area contributed by atoms with Gasteiger partial charge in [-0.25, -0.2) is 9.67 Å². The molecule has 1 aromatic carbocycles. The molecule has 0 fully saturated rings. The van der Waals surface area contributed by atoms with Crippen LogP contribution in [0.25, 0.3) is 5.82 Å². The minimum absolute atomic E-state index is 0.242. The maximum absolute atomic E-state index is 12.4. The minimum Gasteiger partial charge on any atom is -0.388 e. The second-order valence-corrected chi connectivity index (χ2v) is 5.30. The van der Waals surface area contributed by atoms with Crippen molar-refractivity contribution in [3.8, 4) is 5.82 Å². The third-order valence-electron chi connectivity index (χ3n) is 3.64. The van der Waals surface area contributed by atoms with Crippen LogP contribution in [-0.2, 0) is 0 Å². The summed E-state index contributed by atoms with van der Waals surface area (Å²) in [5, 5.41) is 17.1. The number of carbonyl (C=O) groups excluding carboxylic acids is 1. The molecule has 0 spiro atoms. The van der Waals surface area contributed by atoms with E-state index >= 15 is 0 Å². The van der Waals surface area contributed by atoms with Gasteiger partial charge in [-0.05, 0) is 30.2 Å². The second-order valence-electron chi connectivity index (χ2n) is 5.30. The molecule has 0 aliphatic carbocycles.